The van der Waals surface area contributed by atoms with E-state index in [0.29, 0.717) is 29.8 Å². The molecule has 3 rings (SSSR count). The van der Waals surface area contributed by atoms with Crippen molar-refractivity contribution in [3.63, 3.8) is 0 Å². The fraction of sp³-hybridized carbons (Fsp3) is 0.400. The topological polar surface area (TPSA) is 77.7 Å². The average Bonchev–Trinajstić information content (AvgIpc) is 2.68. The molecule has 1 fully saturated rings. The van der Waals surface area contributed by atoms with Gasteiger partial charge in [0, 0.05) is 31.4 Å². The van der Waals surface area contributed by atoms with Crippen molar-refractivity contribution in [1.82, 2.24) is 9.88 Å². The first-order chi connectivity index (χ1) is 12.7. The highest BCUT2D eigenvalue weighted by Gasteiger charge is 2.28. The van der Waals surface area contributed by atoms with Crippen LogP contribution in [0.3, 0.4) is 0 Å². The van der Waals surface area contributed by atoms with Crippen LogP contribution in [0.15, 0.2) is 48.7 Å². The maximum atomic E-state index is 12.5. The molecule has 1 aliphatic heterocycles. The Labute approximate surface area is 153 Å². The highest BCUT2D eigenvalue weighted by atomic mass is 16.5. The van der Waals surface area contributed by atoms with Crippen LogP contribution in [0.1, 0.15) is 19.8 Å². The number of aromatic nitrogens is 1. The number of likely N-dealkylation sites (tertiary alicyclic amines) is 1. The van der Waals surface area contributed by atoms with E-state index in [4.69, 9.17) is 15.2 Å². The molecule has 1 aromatic heterocycles. The van der Waals surface area contributed by atoms with Gasteiger partial charge in [-0.1, -0.05) is 13.0 Å². The molecule has 0 aliphatic carbocycles. The number of carbonyl (C=O) groups excluding carboxylic acids is 1. The lowest BCUT2D eigenvalue weighted by molar-refractivity contribution is -0.137. The summed E-state index contributed by atoms with van der Waals surface area (Å²) < 4.78 is 11.3. The fourth-order valence-corrected chi connectivity index (χ4v) is 3.16. The maximum Gasteiger partial charge on any atom is 0.260 e. The third-order valence-electron chi connectivity index (χ3n) is 4.62. The molecular weight excluding hydrogens is 330 g/mol. The van der Waals surface area contributed by atoms with Gasteiger partial charge in [0.25, 0.3) is 5.91 Å². The predicted molar refractivity (Wildman–Crippen MR) is 99.2 cm³/mol. The van der Waals surface area contributed by atoms with Crippen LogP contribution in [-0.4, -0.2) is 41.5 Å². The van der Waals surface area contributed by atoms with E-state index in [1.165, 1.54) is 0 Å². The second kappa shape index (κ2) is 8.67. The minimum atomic E-state index is -0.0128. The molecule has 2 atom stereocenters. The van der Waals surface area contributed by atoms with Gasteiger partial charge in [0.2, 0.25) is 5.88 Å². The summed E-state index contributed by atoms with van der Waals surface area (Å²) in [5, 5.41) is 0. The van der Waals surface area contributed by atoms with Gasteiger partial charge in [0.15, 0.2) is 6.61 Å². The van der Waals surface area contributed by atoms with Crippen LogP contribution in [0, 0.1) is 5.92 Å². The third-order valence-corrected chi connectivity index (χ3v) is 4.62. The Morgan fingerprint density at radius 1 is 1.23 bits per heavy atom. The van der Waals surface area contributed by atoms with Gasteiger partial charge in [-0.25, -0.2) is 4.98 Å². The molecule has 2 N–H and O–H groups in total. The first kappa shape index (κ1) is 18.2. The van der Waals surface area contributed by atoms with E-state index in [1.807, 2.05) is 17.0 Å². The Morgan fingerprint density at radius 3 is 2.69 bits per heavy atom. The summed E-state index contributed by atoms with van der Waals surface area (Å²) in [7, 11) is 0. The van der Waals surface area contributed by atoms with Crippen molar-refractivity contribution in [2.45, 2.75) is 25.8 Å². The standard InChI is InChI=1S/C20H25N3O3/c1-15-9-11-23(16(12-15)13-21)20(24)14-25-17-5-7-18(8-6-17)26-19-4-2-3-10-22-19/h2-8,10,15-16H,9,11-14,21H2,1H3. The second-order valence-electron chi connectivity index (χ2n) is 6.64. The number of benzene rings is 1. The van der Waals surface area contributed by atoms with Gasteiger partial charge in [-0.3, -0.25) is 4.79 Å². The summed E-state index contributed by atoms with van der Waals surface area (Å²) in [5.41, 5.74) is 5.83. The number of hydrogen-bond acceptors (Lipinski definition) is 5. The first-order valence-corrected chi connectivity index (χ1v) is 8.97. The molecule has 1 saturated heterocycles. The van der Waals surface area contributed by atoms with E-state index < -0.39 is 0 Å². The largest absolute Gasteiger partial charge is 0.484 e. The molecule has 0 radical (unpaired) electrons. The van der Waals surface area contributed by atoms with Crippen molar-refractivity contribution in [1.29, 1.82) is 0 Å². The van der Waals surface area contributed by atoms with Crippen LogP contribution in [0.5, 0.6) is 17.4 Å². The van der Waals surface area contributed by atoms with E-state index in [1.54, 1.807) is 36.5 Å². The zero-order valence-corrected chi connectivity index (χ0v) is 15.0. The monoisotopic (exact) mass is 355 g/mol. The quantitative estimate of drug-likeness (QED) is 0.862. The third kappa shape index (κ3) is 4.73. The van der Waals surface area contributed by atoms with Crippen LogP contribution in [-0.2, 0) is 4.79 Å². The molecule has 2 aromatic rings. The van der Waals surface area contributed by atoms with Crippen LogP contribution in [0.2, 0.25) is 0 Å². The summed E-state index contributed by atoms with van der Waals surface area (Å²) in [6.07, 6.45) is 3.65. The highest BCUT2D eigenvalue weighted by molar-refractivity contribution is 5.78. The summed E-state index contributed by atoms with van der Waals surface area (Å²) in [4.78, 5) is 18.4. The molecular formula is C20H25N3O3. The Balaban J connectivity index is 1.52. The van der Waals surface area contributed by atoms with Gasteiger partial charge in [-0.05, 0) is 49.1 Å². The lowest BCUT2D eigenvalue weighted by atomic mass is 9.92. The van der Waals surface area contributed by atoms with Gasteiger partial charge in [-0.2, -0.15) is 0 Å². The second-order valence-corrected chi connectivity index (χ2v) is 6.64. The van der Waals surface area contributed by atoms with Crippen LogP contribution < -0.4 is 15.2 Å². The maximum absolute atomic E-state index is 12.5. The van der Waals surface area contributed by atoms with E-state index in [0.717, 1.165) is 19.4 Å². The summed E-state index contributed by atoms with van der Waals surface area (Å²) >= 11 is 0. The number of piperidine rings is 1. The van der Waals surface area contributed by atoms with E-state index in [9.17, 15) is 4.79 Å². The van der Waals surface area contributed by atoms with E-state index >= 15 is 0 Å². The van der Waals surface area contributed by atoms with Gasteiger partial charge in [-0.15, -0.1) is 0 Å². The van der Waals surface area contributed by atoms with Crippen molar-refractivity contribution in [2.75, 3.05) is 19.7 Å². The number of nitrogens with zero attached hydrogens (tertiary/aromatic N) is 2. The Bertz CT molecular complexity index is 706. The van der Waals surface area contributed by atoms with Gasteiger partial charge in [0.05, 0.1) is 0 Å². The number of carbonyl (C=O) groups is 1. The molecule has 1 aromatic carbocycles. The highest BCUT2D eigenvalue weighted by Crippen LogP contribution is 2.24. The van der Waals surface area contributed by atoms with Crippen LogP contribution in [0.25, 0.3) is 0 Å². The molecule has 0 saturated carbocycles. The number of amides is 1. The van der Waals surface area contributed by atoms with Crippen molar-refractivity contribution in [2.24, 2.45) is 11.7 Å². The van der Waals surface area contributed by atoms with Gasteiger partial charge >= 0.3 is 0 Å². The Morgan fingerprint density at radius 2 is 2.00 bits per heavy atom. The molecule has 138 valence electrons. The molecule has 2 heterocycles. The molecule has 2 unspecified atom stereocenters. The SMILES string of the molecule is CC1CCN(C(=O)COc2ccc(Oc3ccccn3)cc2)C(CN)C1. The number of ether oxygens (including phenoxy) is 2. The van der Waals surface area contributed by atoms with E-state index in [-0.39, 0.29) is 18.6 Å². The smallest absolute Gasteiger partial charge is 0.260 e. The predicted octanol–water partition coefficient (Wildman–Crippen LogP) is 2.84. The van der Waals surface area contributed by atoms with Crippen molar-refractivity contribution in [3.8, 4) is 17.4 Å². The zero-order valence-electron chi connectivity index (χ0n) is 15.0. The molecule has 6 nitrogen and oxygen atoms in total. The molecule has 0 bridgehead atoms. The molecule has 26 heavy (non-hydrogen) atoms. The number of pyridine rings is 1. The van der Waals surface area contributed by atoms with Crippen LogP contribution >= 0.6 is 0 Å². The number of rotatable bonds is 6. The summed E-state index contributed by atoms with van der Waals surface area (Å²) in [6, 6.07) is 12.7. The van der Waals surface area contributed by atoms with Crippen molar-refractivity contribution < 1.29 is 14.3 Å². The van der Waals surface area contributed by atoms with Gasteiger partial charge < -0.3 is 20.1 Å². The number of nitrogens with two attached hydrogens (primary N) is 1. The molecule has 1 amide bonds. The lowest BCUT2D eigenvalue weighted by Crippen LogP contribution is -2.50. The zero-order chi connectivity index (χ0) is 18.4. The van der Waals surface area contributed by atoms with E-state index in [2.05, 4.69) is 11.9 Å². The molecule has 0 spiro atoms. The average molecular weight is 355 g/mol. The lowest BCUT2D eigenvalue weighted by Gasteiger charge is -2.37. The Hall–Kier alpha value is -2.60. The van der Waals surface area contributed by atoms with Crippen molar-refractivity contribution >= 4 is 5.91 Å². The minimum absolute atomic E-state index is 0.0128. The molecule has 1 aliphatic rings. The summed E-state index contributed by atoms with van der Waals surface area (Å²) in [5.74, 6) is 2.42. The molecule has 6 heteroatoms. The number of hydrogen-bond donors (Lipinski definition) is 1. The van der Waals surface area contributed by atoms with Gasteiger partial charge in [0.1, 0.15) is 11.5 Å². The van der Waals surface area contributed by atoms with Crippen LogP contribution in [0.4, 0.5) is 0 Å². The van der Waals surface area contributed by atoms with Crippen molar-refractivity contribution in [3.05, 3.63) is 48.7 Å². The minimum Gasteiger partial charge on any atom is -0.484 e. The normalized spacial score (nSPS) is 19.8. The Kier molecular flexibility index (Phi) is 6.07. The fourth-order valence-electron chi connectivity index (χ4n) is 3.16. The summed E-state index contributed by atoms with van der Waals surface area (Å²) in [6.45, 7) is 3.47. The first-order valence-electron chi connectivity index (χ1n) is 8.97.